The minimum atomic E-state index is -4.46. The van der Waals surface area contributed by atoms with Crippen LogP contribution in [0, 0.1) is 86.8 Å². The molecule has 19 heteroatoms. The van der Waals surface area contributed by atoms with Gasteiger partial charge in [-0.3, -0.25) is 0 Å². The lowest BCUT2D eigenvalue weighted by Crippen LogP contribution is -2.36. The Morgan fingerprint density at radius 1 is 0.408 bits per heavy atom. The lowest BCUT2D eigenvalue weighted by molar-refractivity contribution is 0.110. The molecule has 125 heavy (non-hydrogen) atoms. The molecule has 13 rings (SSSR count). The van der Waals surface area contributed by atoms with Crippen molar-refractivity contribution < 1.29 is 67.3 Å². The summed E-state index contributed by atoms with van der Waals surface area (Å²) in [4.78, 5) is 0. The molecular weight excluding hydrogens is 1650 g/mol. The molecular formula is C106H159F3O12S4. The van der Waals surface area contributed by atoms with Gasteiger partial charge < -0.3 is 20.4 Å². The van der Waals surface area contributed by atoms with Crippen LogP contribution in [0.4, 0.5) is 13.2 Å². The molecule has 12 saturated carbocycles. The Morgan fingerprint density at radius 3 is 1.04 bits per heavy atom. The topological polar surface area (TPSA) is 217 Å². The van der Waals surface area contributed by atoms with Crippen molar-refractivity contribution in [3.8, 4) is 0 Å². The predicted molar refractivity (Wildman–Crippen MR) is 513 cm³/mol. The van der Waals surface area contributed by atoms with Gasteiger partial charge in [-0.2, -0.15) is 8.78 Å². The molecule has 0 heterocycles. The highest BCUT2D eigenvalue weighted by Crippen LogP contribution is 2.64. The molecule has 0 bridgehead atoms. The van der Waals surface area contributed by atoms with E-state index < -0.39 is 59.1 Å². The Hall–Kier alpha value is -4.99. The number of allylic oxidation sites excluding steroid dienone is 22. The normalized spacial score (nSPS) is 36.5. The van der Waals surface area contributed by atoms with Crippen molar-refractivity contribution in [2.75, 3.05) is 25.0 Å². The third-order valence-electron chi connectivity index (χ3n) is 33.3. The third kappa shape index (κ3) is 24.1. The maximum atomic E-state index is 14.6. The summed E-state index contributed by atoms with van der Waals surface area (Å²) in [5, 5.41) is 33.9. The molecule has 12 fully saturated rings. The Balaban J connectivity index is 0.000000188. The van der Waals surface area contributed by atoms with Gasteiger partial charge >= 0.3 is 5.25 Å². The predicted octanol–water partition coefficient (Wildman–Crippen LogP) is 24.7. The SMILES string of the molecule is C.C=C1CCC(O)C/C1=C/C=C1\CCCC2(C)C(C(C)/C=C/C3(S(C)(=O)=O)CC3)=CCC12.C=C1CCC(O)C/C1=C/C=C1\CCCC2(C)C1CCC2C(C)/C=C/C(C)(C)S(C)(=O)=O.C=C1CCC(O)C/C1=C/C=C1\CCCC2(C)C1CCC2C(C)/C=C/C(C)(F)S(C)(=O)=O.C=C1CCC(O)C/C1=C/C=C1\CCCC2(C)C1CCC2C(C)/C=C/C(F)(F)S(C)(=O)=O. The molecule has 0 aromatic rings. The van der Waals surface area contributed by atoms with Gasteiger partial charge in [0.15, 0.2) is 29.5 Å². The molecule has 0 aliphatic heterocycles. The van der Waals surface area contributed by atoms with Crippen LogP contribution in [0.5, 0.6) is 0 Å². The van der Waals surface area contributed by atoms with Crippen molar-refractivity contribution in [3.05, 3.63) is 202 Å². The zero-order valence-corrected chi connectivity index (χ0v) is 81.2. The van der Waals surface area contributed by atoms with E-state index in [4.69, 9.17) is 0 Å². The lowest BCUT2D eigenvalue weighted by Gasteiger charge is -2.44. The van der Waals surface area contributed by atoms with Crippen LogP contribution in [0.2, 0.25) is 0 Å². The van der Waals surface area contributed by atoms with Gasteiger partial charge in [0.05, 0.1) is 33.9 Å². The van der Waals surface area contributed by atoms with Gasteiger partial charge in [-0.05, 0) is 354 Å². The van der Waals surface area contributed by atoms with Gasteiger partial charge in [0.2, 0.25) is 14.8 Å². The van der Waals surface area contributed by atoms with Crippen LogP contribution in [0.3, 0.4) is 0 Å². The summed E-state index contributed by atoms with van der Waals surface area (Å²) in [6.07, 6.45) is 69.2. The number of alkyl halides is 3. The van der Waals surface area contributed by atoms with Crippen LogP contribution < -0.4 is 0 Å². The summed E-state index contributed by atoms with van der Waals surface area (Å²) < 4.78 is 135. The summed E-state index contributed by atoms with van der Waals surface area (Å²) >= 11 is 0. The van der Waals surface area contributed by atoms with E-state index in [-0.39, 0.29) is 77.2 Å². The van der Waals surface area contributed by atoms with E-state index in [1.165, 1.54) is 113 Å². The van der Waals surface area contributed by atoms with E-state index >= 15 is 0 Å². The fourth-order valence-electron chi connectivity index (χ4n) is 24.5. The molecule has 13 aliphatic carbocycles. The van der Waals surface area contributed by atoms with Crippen molar-refractivity contribution >= 4 is 39.3 Å². The van der Waals surface area contributed by atoms with Gasteiger partial charge in [-0.15, -0.1) is 0 Å². The van der Waals surface area contributed by atoms with Crippen molar-refractivity contribution in [2.24, 2.45) is 86.8 Å². The number of aliphatic hydroxyl groups excluding tert-OH is 4. The molecule has 13 aliphatic rings. The van der Waals surface area contributed by atoms with Gasteiger partial charge in [0, 0.05) is 25.0 Å². The van der Waals surface area contributed by atoms with Crippen LogP contribution in [0.15, 0.2) is 202 Å². The number of aliphatic hydroxyl groups is 4. The second-order valence-corrected chi connectivity index (χ2v) is 51.7. The summed E-state index contributed by atoms with van der Waals surface area (Å²) in [5.41, 5.74) is 17.4. The molecule has 0 aromatic heterocycles. The highest BCUT2D eigenvalue weighted by atomic mass is 32.2. The first-order valence-electron chi connectivity index (χ1n) is 47.0. The van der Waals surface area contributed by atoms with Crippen molar-refractivity contribution in [3.63, 3.8) is 0 Å². The Kier molecular flexibility index (Phi) is 34.0. The standard InChI is InChI=1S/C27H38O3S.C27H42O3S.C26H39FO3S.C25H36F2O3S.CH4/c1-19-7-10-23(28)18-22(19)9-8-21-6-5-14-26(3)24(11-12-25(21)26)20(2)13-15-27(16-17-27)31(4,29)30;1-19-9-12-23(28)18-22(19)11-10-21-8-7-16-27(5)24(13-14-25(21)27)20(2)15-17-26(3,4)31(6,29)30;1-18-8-11-22(28)17-21(18)10-9-20-7-6-15-25(3)23(12-13-24(20)25)19(2)14-16-26(4,27)31(5,29)30;1-17-7-10-21(28)16-20(17)9-8-19-6-5-14-24(3)22(11-12-23(19)24)18(2)13-15-25(26,27)31(4,29)30;/h8-9,11,13,15,20,23,25,28H,1,5-7,10,12,14,16-18H2,2-4H3;10-11,15,17,20,23-25,28H,1,7-9,12-14,16,18H2,2-6H3;9-10,14,16,19,22-24,28H,1,6-8,11-13,15,17H2,2-5H3;8-9,13,15,18,21-23,28H,1,5-7,10-12,14,16H2,2-4H3;1H4/b15-13+,21-8+,22-9-;17-15+,21-10+,22-11-;16-14+,20-9+,21-10-;15-13+,19-8+,20-9-;. The number of sulfone groups is 4. The van der Waals surface area contributed by atoms with Crippen molar-refractivity contribution in [2.45, 2.75) is 340 Å². The van der Waals surface area contributed by atoms with E-state index in [9.17, 15) is 67.3 Å². The molecule has 700 valence electrons. The number of fused-ring (bicyclic) bond motifs is 4. The highest BCUT2D eigenvalue weighted by molar-refractivity contribution is 7.93. The van der Waals surface area contributed by atoms with E-state index in [0.717, 1.165) is 190 Å². The number of hydrogen-bond acceptors (Lipinski definition) is 12. The Morgan fingerprint density at radius 2 is 0.728 bits per heavy atom. The smallest absolute Gasteiger partial charge is 0.363 e. The second-order valence-electron chi connectivity index (χ2n) is 42.3. The van der Waals surface area contributed by atoms with Crippen LogP contribution in [-0.2, 0) is 39.3 Å². The summed E-state index contributed by atoms with van der Waals surface area (Å²) in [6.45, 7) is 39.5. The van der Waals surface area contributed by atoms with Crippen LogP contribution in [-0.4, -0.2) is 123 Å². The maximum absolute atomic E-state index is 14.6. The third-order valence-corrected chi connectivity index (χ3v) is 40.1. The maximum Gasteiger partial charge on any atom is 0.363 e. The molecule has 0 saturated heterocycles. The monoisotopic (exact) mass is 1810 g/mol. The minimum Gasteiger partial charge on any atom is -0.393 e. The summed E-state index contributed by atoms with van der Waals surface area (Å²) in [6, 6.07) is 0. The first-order valence-corrected chi connectivity index (χ1v) is 54.5. The fraction of sp³-hybridized carbons (Fsp3) is 0.679. The van der Waals surface area contributed by atoms with Gasteiger partial charge in [0.25, 0.3) is 0 Å². The minimum absolute atomic E-state index is 0. The average Bonchev–Trinajstić information content (AvgIpc) is 1.67. The molecule has 0 radical (unpaired) electrons. The molecule has 12 nitrogen and oxygen atoms in total. The van der Waals surface area contributed by atoms with Gasteiger partial charge in [0.1, 0.15) is 0 Å². The zero-order chi connectivity index (χ0) is 91.5. The Labute approximate surface area is 754 Å². The van der Waals surface area contributed by atoms with E-state index in [1.54, 1.807) is 25.5 Å². The summed E-state index contributed by atoms with van der Waals surface area (Å²) in [7, 11) is -14.4. The van der Waals surface area contributed by atoms with Gasteiger partial charge in [-0.25, -0.2) is 38.1 Å². The van der Waals surface area contributed by atoms with Crippen LogP contribution in [0.25, 0.3) is 0 Å². The Bertz CT molecular complexity index is 4430. The number of halogens is 3. The van der Waals surface area contributed by atoms with Crippen molar-refractivity contribution in [1.82, 2.24) is 0 Å². The molecule has 4 N–H and O–H groups in total. The molecule has 20 unspecified atom stereocenters. The van der Waals surface area contributed by atoms with E-state index in [0.29, 0.717) is 66.6 Å². The van der Waals surface area contributed by atoms with E-state index in [1.807, 2.05) is 19.1 Å². The van der Waals surface area contributed by atoms with Crippen LogP contribution in [0.1, 0.15) is 295 Å². The quantitative estimate of drug-likeness (QED) is 0.0837. The number of rotatable bonds is 20. The highest BCUT2D eigenvalue weighted by Gasteiger charge is 2.55. The first-order chi connectivity index (χ1) is 57.6. The average molecular weight is 1810 g/mol. The molecule has 0 aromatic carbocycles. The second kappa shape index (κ2) is 41.0. The van der Waals surface area contributed by atoms with E-state index in [2.05, 4.69) is 142 Å². The molecule has 0 spiro atoms. The van der Waals surface area contributed by atoms with Crippen LogP contribution >= 0.6 is 0 Å². The number of hydrogen-bond donors (Lipinski definition) is 4. The largest absolute Gasteiger partial charge is 0.393 e. The fourth-order valence-corrected chi connectivity index (χ4v) is 26.7. The zero-order valence-electron chi connectivity index (χ0n) is 78.0. The van der Waals surface area contributed by atoms with Crippen molar-refractivity contribution in [1.29, 1.82) is 0 Å². The summed E-state index contributed by atoms with van der Waals surface area (Å²) in [5.74, 6) is 3.90. The lowest BCUT2D eigenvalue weighted by atomic mass is 9.61. The molecule has 0 amide bonds. The first kappa shape index (κ1) is 104. The molecule has 20 atom stereocenters. The van der Waals surface area contributed by atoms with Gasteiger partial charge in [-0.1, -0.05) is 230 Å².